The summed E-state index contributed by atoms with van der Waals surface area (Å²) in [6, 6.07) is 0. The molecule has 0 amide bonds. The van der Waals surface area contributed by atoms with Crippen LogP contribution in [0.15, 0.2) is 0 Å². The van der Waals surface area contributed by atoms with Crippen molar-refractivity contribution in [1.82, 2.24) is 0 Å². The third-order valence-electron chi connectivity index (χ3n) is 4.96. The number of unbranched alkanes of at least 4 members (excludes halogenated alkanes) is 10. The van der Waals surface area contributed by atoms with Gasteiger partial charge in [0.25, 0.3) is 0 Å². The number of carbonyl (C=O) groups is 3. The second-order valence-corrected chi connectivity index (χ2v) is 10.7. The molecule has 0 aromatic heterocycles. The maximum absolute atomic E-state index is 12.1. The number of phosphoric acid groups is 1. The molecule has 0 aromatic carbocycles. The molecule has 0 saturated carbocycles. The Morgan fingerprint density at radius 2 is 1.15 bits per heavy atom. The molecule has 266 valence electrons. The van der Waals surface area contributed by atoms with Gasteiger partial charge in [-0.25, -0.2) is 4.79 Å². The molecule has 0 radical (unpaired) electrons. The monoisotopic (exact) mass is 724 g/mol. The summed E-state index contributed by atoms with van der Waals surface area (Å²) >= 11 is 3.33. The molecule has 13 heteroatoms. The number of esters is 2. The van der Waals surface area contributed by atoms with E-state index >= 15 is 0 Å². The van der Waals surface area contributed by atoms with E-state index in [4.69, 9.17) is 15.9 Å². The minimum Gasteiger partial charge on any atom is -0.790 e. The minimum absolute atomic E-state index is 0. The number of rotatable bonds is 18. The van der Waals surface area contributed by atoms with E-state index in [2.05, 4.69) is 101 Å². The molecule has 9 nitrogen and oxygen atoms in total. The smallest absolute Gasteiger partial charge is 0.790 e. The topological polar surface area (TPSA) is 142 Å². The molecule has 0 aliphatic carbocycles. The normalized spacial score (nSPS) is 9.11. The Morgan fingerprint density at radius 1 is 0.745 bits per heavy atom. The molecule has 47 heavy (non-hydrogen) atoms. The molecule has 0 bridgehead atoms. The number of ether oxygens (including phenoxy) is 2. The van der Waals surface area contributed by atoms with Gasteiger partial charge < -0.3 is 28.3 Å². The summed E-state index contributed by atoms with van der Waals surface area (Å²) in [5.74, 6) is 28.4. The third-order valence-corrected chi connectivity index (χ3v) is 5.43. The molecule has 1 atom stereocenters. The fourth-order valence-corrected chi connectivity index (χ4v) is 3.42. The standard InChI is InChI=1S/C32H35O8P.C2H4OS.2Na.13H2/c1-3-5-7-9-11-13-15-17-18-20-22-24-26-31(33)38-28-30(29-39-41(35,36)37)40-32(34)27-25-23-21-19-16-14-12-10-8-6-4-2;1-2(3)4;;;;;;;;;;;;;;;/h1,30H,4,6,8,10,12,14,16,19,21,23,25,27-29H2,2H3,(H2,35,36,37);1H3,(H,3,4);;;13*1H/q;;2*+1;;;;;;;;;;;;;/p-2/t30-;;;;;;;;;;;;;;;;/m1................/s1. The second kappa shape index (κ2) is 38.4. The van der Waals surface area contributed by atoms with E-state index in [1.165, 1.54) is 51.9 Å². The predicted octanol–water partition coefficient (Wildman–Crippen LogP) is 0.310. The molecule has 0 aromatic rings. The average molecular weight is 725 g/mol. The van der Waals surface area contributed by atoms with Crippen molar-refractivity contribution >= 4 is 37.5 Å². The van der Waals surface area contributed by atoms with Crippen molar-refractivity contribution in [3.05, 3.63) is 0 Å². The van der Waals surface area contributed by atoms with Gasteiger partial charge in [-0.15, -0.1) is 19.1 Å². The van der Waals surface area contributed by atoms with Gasteiger partial charge in [-0.1, -0.05) is 71.1 Å². The maximum Gasteiger partial charge on any atom is 1.00 e. The quantitative estimate of drug-likeness (QED) is 0.0402. The van der Waals surface area contributed by atoms with E-state index in [1.807, 2.05) is 0 Å². The van der Waals surface area contributed by atoms with Gasteiger partial charge in [0.2, 0.25) is 0 Å². The summed E-state index contributed by atoms with van der Waals surface area (Å²) in [5, 5.41) is -0.139. The molecule has 0 heterocycles. The van der Waals surface area contributed by atoms with Gasteiger partial charge in [-0.05, 0) is 77.5 Å². The van der Waals surface area contributed by atoms with Crippen molar-refractivity contribution in [3.8, 4) is 83.4 Å². The summed E-state index contributed by atoms with van der Waals surface area (Å²) in [5.41, 5.74) is 0. The van der Waals surface area contributed by atoms with E-state index in [0.717, 1.165) is 19.3 Å². The van der Waals surface area contributed by atoms with Crippen LogP contribution in [0.3, 0.4) is 0 Å². The largest absolute Gasteiger partial charge is 1.00 e. The van der Waals surface area contributed by atoms with Crippen molar-refractivity contribution < 1.29 is 120 Å². The summed E-state index contributed by atoms with van der Waals surface area (Å²) in [7, 11) is -5.32. The molecular formula is C34H63Na2O9PS. The van der Waals surface area contributed by atoms with Crippen LogP contribution in [0.5, 0.6) is 0 Å². The zero-order valence-corrected chi connectivity index (χ0v) is 33.4. The SMILES string of the molecule is C#CC#CC#CC#CC#CC#CC#CC(=O)OC[C@H](COP(=O)([O-])[O-])OC(=O)CCCCCCCCCCCCC.CC(=O)S.[HH].[HH].[HH].[HH].[HH].[HH].[HH].[HH].[HH].[HH].[HH].[HH].[HH].[Na+].[Na+]. The Morgan fingerprint density at radius 3 is 1.57 bits per heavy atom. The van der Waals surface area contributed by atoms with Gasteiger partial charge in [0.1, 0.15) is 6.61 Å². The van der Waals surface area contributed by atoms with E-state index in [1.54, 1.807) is 0 Å². The molecule has 0 saturated heterocycles. The van der Waals surface area contributed by atoms with Gasteiger partial charge in [0.15, 0.2) is 11.2 Å². The Hall–Kier alpha value is -2.01. The van der Waals surface area contributed by atoms with Gasteiger partial charge in [-0.2, -0.15) is 0 Å². The number of hydrogen-bond acceptors (Lipinski definition) is 9. The Balaban J connectivity index is -0.0000000619. The van der Waals surface area contributed by atoms with Crippen LogP contribution in [0, 0.1) is 83.4 Å². The fourth-order valence-electron chi connectivity index (χ4n) is 3.07. The Bertz CT molecular complexity index is 1440. The molecule has 0 N–H and O–H groups in total. The molecule has 0 spiro atoms. The van der Waals surface area contributed by atoms with Crippen molar-refractivity contribution in [2.24, 2.45) is 0 Å². The van der Waals surface area contributed by atoms with Crippen molar-refractivity contribution in [3.63, 3.8) is 0 Å². The van der Waals surface area contributed by atoms with Crippen LogP contribution in [-0.2, 0) is 32.9 Å². The molecule has 0 aliphatic heterocycles. The van der Waals surface area contributed by atoms with Crippen molar-refractivity contribution in [1.29, 1.82) is 0 Å². The van der Waals surface area contributed by atoms with Crippen LogP contribution in [0.2, 0.25) is 0 Å². The summed E-state index contributed by atoms with van der Waals surface area (Å²) in [6.45, 7) is 2.24. The summed E-state index contributed by atoms with van der Waals surface area (Å²) in [6.07, 6.45) is 16.0. The first-order chi connectivity index (χ1) is 21.5. The zero-order valence-electron chi connectivity index (χ0n) is 27.6. The van der Waals surface area contributed by atoms with Crippen molar-refractivity contribution in [2.45, 2.75) is 97.0 Å². The fraction of sp³-hybridized carbons (Fsp3) is 0.500. The van der Waals surface area contributed by atoms with Crippen LogP contribution in [0.1, 0.15) is 109 Å². The van der Waals surface area contributed by atoms with Gasteiger partial charge in [0, 0.05) is 37.8 Å². The van der Waals surface area contributed by atoms with Crippen molar-refractivity contribution in [2.75, 3.05) is 13.2 Å². The molecule has 0 fully saturated rings. The predicted molar refractivity (Wildman–Crippen MR) is 198 cm³/mol. The zero-order chi connectivity index (χ0) is 34.0. The third kappa shape index (κ3) is 48.5. The molecule has 0 aliphatic rings. The number of thiol groups is 1. The van der Waals surface area contributed by atoms with E-state index in [-0.39, 0.29) is 89.2 Å². The number of carbonyl (C=O) groups excluding carboxylic acids is 3. The van der Waals surface area contributed by atoms with Crippen LogP contribution in [0.4, 0.5) is 0 Å². The minimum atomic E-state index is -5.32. The van der Waals surface area contributed by atoms with Crippen LogP contribution in [-0.4, -0.2) is 36.4 Å². The first-order valence-corrected chi connectivity index (χ1v) is 16.1. The Kier molecular flexibility index (Phi) is 42.4. The Labute approximate surface area is 349 Å². The first-order valence-electron chi connectivity index (χ1n) is 14.2. The summed E-state index contributed by atoms with van der Waals surface area (Å²) in [4.78, 5) is 54.9. The molecule has 0 unspecified atom stereocenters. The van der Waals surface area contributed by atoms with E-state index in [0.29, 0.717) is 6.42 Å². The van der Waals surface area contributed by atoms with E-state index in [9.17, 15) is 28.7 Å². The number of phosphoric ester groups is 1. The van der Waals surface area contributed by atoms with Crippen LogP contribution < -0.4 is 68.9 Å². The summed E-state index contributed by atoms with van der Waals surface area (Å²) < 4.78 is 25.0. The van der Waals surface area contributed by atoms with Crippen LogP contribution in [0.25, 0.3) is 0 Å². The second-order valence-electron chi connectivity index (χ2n) is 8.90. The molecule has 0 rings (SSSR count). The van der Waals surface area contributed by atoms with Gasteiger partial charge >= 0.3 is 71.1 Å². The van der Waals surface area contributed by atoms with Gasteiger partial charge in [0.05, 0.1) is 14.4 Å². The first kappa shape index (κ1) is 51.8. The van der Waals surface area contributed by atoms with Gasteiger partial charge in [-0.3, -0.25) is 9.59 Å². The number of terminal acetylenes is 1. The van der Waals surface area contributed by atoms with Crippen LogP contribution >= 0.6 is 20.5 Å². The maximum atomic E-state index is 12.1. The van der Waals surface area contributed by atoms with E-state index < -0.39 is 39.1 Å². The average Bonchev–Trinajstić information content (AvgIpc) is 2.97. The molecular weight excluding hydrogens is 661 g/mol. The number of hydrogen-bond donors (Lipinski definition) is 1.